The molecular weight excluding hydrogens is 456 g/mol. The highest BCUT2D eigenvalue weighted by atomic mass is 16.3. The lowest BCUT2D eigenvalue weighted by Crippen LogP contribution is -2.35. The number of fused-ring (bicyclic) bond motifs is 2. The Balaban J connectivity index is 1.29. The van der Waals surface area contributed by atoms with Gasteiger partial charge in [-0.3, -0.25) is 9.20 Å². The first kappa shape index (κ1) is 22.5. The summed E-state index contributed by atoms with van der Waals surface area (Å²) in [6.45, 7) is 2.18. The van der Waals surface area contributed by atoms with Gasteiger partial charge in [-0.25, -0.2) is 9.97 Å². The van der Waals surface area contributed by atoms with Crippen LogP contribution in [0.5, 0.6) is 0 Å². The minimum Gasteiger partial charge on any atom is -0.396 e. The van der Waals surface area contributed by atoms with Crippen molar-refractivity contribution in [1.82, 2.24) is 19.7 Å². The molecule has 6 rings (SSSR count). The van der Waals surface area contributed by atoms with E-state index in [9.17, 15) is 15.0 Å². The molecule has 0 unspecified atom stereocenters. The highest BCUT2D eigenvalue weighted by Gasteiger charge is 2.27. The second-order valence-corrected chi connectivity index (χ2v) is 9.32. The molecule has 1 saturated heterocycles. The lowest BCUT2D eigenvalue weighted by Gasteiger charge is -2.31. The van der Waals surface area contributed by atoms with Crippen molar-refractivity contribution in [3.05, 3.63) is 71.7 Å². The Kier molecular flexibility index (Phi) is 5.79. The Morgan fingerprint density at radius 1 is 1.08 bits per heavy atom. The van der Waals surface area contributed by atoms with Crippen molar-refractivity contribution < 1.29 is 15.0 Å². The summed E-state index contributed by atoms with van der Waals surface area (Å²) in [6, 6.07) is 11.8. The van der Waals surface area contributed by atoms with Gasteiger partial charge in [-0.15, -0.1) is 0 Å². The maximum Gasteiger partial charge on any atom is 0.254 e. The Morgan fingerprint density at radius 3 is 2.72 bits per heavy atom. The Morgan fingerprint density at radius 2 is 1.94 bits per heavy atom. The van der Waals surface area contributed by atoms with Gasteiger partial charge < -0.3 is 25.7 Å². The van der Waals surface area contributed by atoms with E-state index < -0.39 is 0 Å². The molecule has 2 aliphatic rings. The molecule has 3 aromatic heterocycles. The van der Waals surface area contributed by atoms with Crippen molar-refractivity contribution in [2.24, 2.45) is 0 Å². The van der Waals surface area contributed by atoms with Crippen LogP contribution in [0.15, 0.2) is 55.0 Å². The van der Waals surface area contributed by atoms with Crippen LogP contribution < -0.4 is 15.5 Å². The zero-order valence-electron chi connectivity index (χ0n) is 19.8. The number of aromatic nitrogens is 3. The van der Waals surface area contributed by atoms with Gasteiger partial charge in [-0.1, -0.05) is 6.07 Å². The standard InChI is InChI=1S/C27H28N6O3/c34-12-8-17-5-11-33-23(16-29-25(33)13-17)20-2-3-22(26-21(20)15-30-27(26)36)31-24-4-1-18(14-28-24)32-9-6-19(35)7-10-32/h1-5,11,13-14,16,19,34-35H,6-10,12,15H2,(H,28,31)(H,30,36). The number of anilines is 3. The molecule has 4 aromatic rings. The SMILES string of the molecule is O=C1NCc2c(-c3cnc4cc(CCO)ccn34)ccc(Nc3ccc(N4CCC(O)CC4)cn3)c21. The Labute approximate surface area is 208 Å². The Hall–Kier alpha value is -3.95. The zero-order valence-corrected chi connectivity index (χ0v) is 19.8. The molecule has 1 aromatic carbocycles. The van der Waals surface area contributed by atoms with Crippen molar-refractivity contribution in [2.75, 3.05) is 29.9 Å². The number of carbonyl (C=O) groups is 1. The van der Waals surface area contributed by atoms with Crippen molar-refractivity contribution in [2.45, 2.75) is 31.9 Å². The predicted octanol–water partition coefficient (Wildman–Crippen LogP) is 2.88. The number of hydrogen-bond donors (Lipinski definition) is 4. The largest absolute Gasteiger partial charge is 0.396 e. The summed E-state index contributed by atoms with van der Waals surface area (Å²) >= 11 is 0. The lowest BCUT2D eigenvalue weighted by molar-refractivity contribution is 0.0966. The van der Waals surface area contributed by atoms with Crippen molar-refractivity contribution in [1.29, 1.82) is 0 Å². The molecule has 0 bridgehead atoms. The molecule has 5 heterocycles. The molecular formula is C27H28N6O3. The van der Waals surface area contributed by atoms with E-state index in [-0.39, 0.29) is 18.6 Å². The maximum absolute atomic E-state index is 12.8. The van der Waals surface area contributed by atoms with Gasteiger partial charge in [0.15, 0.2) is 0 Å². The van der Waals surface area contributed by atoms with E-state index in [2.05, 4.69) is 25.5 Å². The van der Waals surface area contributed by atoms with Crippen LogP contribution in [0.1, 0.15) is 34.3 Å². The van der Waals surface area contributed by atoms with Crippen LogP contribution in [0, 0.1) is 0 Å². The highest BCUT2D eigenvalue weighted by molar-refractivity contribution is 6.06. The molecule has 36 heavy (non-hydrogen) atoms. The second kappa shape index (κ2) is 9.25. The third-order valence-electron chi connectivity index (χ3n) is 7.06. The third-order valence-corrected chi connectivity index (χ3v) is 7.06. The summed E-state index contributed by atoms with van der Waals surface area (Å²) in [5.74, 6) is 0.550. The van der Waals surface area contributed by atoms with Gasteiger partial charge in [-0.05, 0) is 60.7 Å². The minimum atomic E-state index is -0.212. The number of nitrogens with zero attached hydrogens (tertiary/aromatic N) is 4. The smallest absolute Gasteiger partial charge is 0.254 e. The summed E-state index contributed by atoms with van der Waals surface area (Å²) in [4.78, 5) is 24.2. The topological polar surface area (TPSA) is 115 Å². The van der Waals surface area contributed by atoms with Crippen LogP contribution in [0.4, 0.5) is 17.2 Å². The second-order valence-electron chi connectivity index (χ2n) is 9.32. The average Bonchev–Trinajstić information content (AvgIpc) is 3.49. The number of aliphatic hydroxyl groups excluding tert-OH is 2. The summed E-state index contributed by atoms with van der Waals surface area (Å²) < 4.78 is 2.01. The third kappa shape index (κ3) is 4.06. The molecule has 184 valence electrons. The predicted molar refractivity (Wildman–Crippen MR) is 138 cm³/mol. The summed E-state index contributed by atoms with van der Waals surface area (Å²) in [5, 5.41) is 25.3. The number of imidazole rings is 1. The molecule has 1 amide bonds. The van der Waals surface area contributed by atoms with Gasteiger partial charge in [0.25, 0.3) is 5.91 Å². The molecule has 9 nitrogen and oxygen atoms in total. The first-order valence-corrected chi connectivity index (χ1v) is 12.3. The maximum atomic E-state index is 12.8. The van der Waals surface area contributed by atoms with Crippen LogP contribution in [0.3, 0.4) is 0 Å². The number of pyridine rings is 2. The molecule has 0 atom stereocenters. The Bertz CT molecular complexity index is 1420. The van der Waals surface area contributed by atoms with E-state index in [1.165, 1.54) is 0 Å². The van der Waals surface area contributed by atoms with E-state index in [1.807, 2.05) is 59.4 Å². The molecule has 1 fully saturated rings. The summed E-state index contributed by atoms with van der Waals surface area (Å²) in [7, 11) is 0. The quantitative estimate of drug-likeness (QED) is 0.333. The first-order valence-electron chi connectivity index (χ1n) is 12.3. The molecule has 0 radical (unpaired) electrons. The van der Waals surface area contributed by atoms with Crippen LogP contribution in [-0.2, 0) is 13.0 Å². The van der Waals surface area contributed by atoms with Crippen LogP contribution in [-0.4, -0.2) is 56.3 Å². The minimum absolute atomic E-state index is 0.0967. The lowest BCUT2D eigenvalue weighted by atomic mass is 9.99. The van der Waals surface area contributed by atoms with Crippen LogP contribution in [0.2, 0.25) is 0 Å². The molecule has 2 aliphatic heterocycles. The van der Waals surface area contributed by atoms with Crippen molar-refractivity contribution in [3.8, 4) is 11.3 Å². The number of benzene rings is 1. The number of carbonyl (C=O) groups excluding carboxylic acids is 1. The zero-order chi connectivity index (χ0) is 24.6. The summed E-state index contributed by atoms with van der Waals surface area (Å²) in [5.41, 5.74) is 6.98. The number of aliphatic hydroxyl groups is 2. The molecule has 4 N–H and O–H groups in total. The van der Waals surface area contributed by atoms with E-state index in [0.29, 0.717) is 30.0 Å². The van der Waals surface area contributed by atoms with Gasteiger partial charge in [0, 0.05) is 38.0 Å². The van der Waals surface area contributed by atoms with Crippen LogP contribution >= 0.6 is 0 Å². The molecule has 0 aliphatic carbocycles. The van der Waals surface area contributed by atoms with Crippen molar-refractivity contribution >= 4 is 28.7 Å². The van der Waals surface area contributed by atoms with Gasteiger partial charge in [-0.2, -0.15) is 0 Å². The number of rotatable bonds is 6. The highest BCUT2D eigenvalue weighted by Crippen LogP contribution is 2.35. The van der Waals surface area contributed by atoms with Crippen LogP contribution in [0.25, 0.3) is 16.9 Å². The number of nitrogens with one attached hydrogen (secondary N) is 2. The number of piperidine rings is 1. The van der Waals surface area contributed by atoms with E-state index in [4.69, 9.17) is 0 Å². The molecule has 0 saturated carbocycles. The van der Waals surface area contributed by atoms with Gasteiger partial charge in [0.1, 0.15) is 11.5 Å². The normalized spacial score (nSPS) is 15.8. The molecule has 9 heteroatoms. The van der Waals surface area contributed by atoms with Gasteiger partial charge in [0.2, 0.25) is 0 Å². The fourth-order valence-electron chi connectivity index (χ4n) is 5.11. The van der Waals surface area contributed by atoms with Crippen molar-refractivity contribution in [3.63, 3.8) is 0 Å². The van der Waals surface area contributed by atoms with Gasteiger partial charge >= 0.3 is 0 Å². The fourth-order valence-corrected chi connectivity index (χ4v) is 5.11. The van der Waals surface area contributed by atoms with E-state index >= 15 is 0 Å². The van der Waals surface area contributed by atoms with Gasteiger partial charge in [0.05, 0.1) is 41.1 Å². The first-order chi connectivity index (χ1) is 17.6. The van der Waals surface area contributed by atoms with E-state index in [1.54, 1.807) is 0 Å². The number of amides is 1. The number of hydrogen-bond acceptors (Lipinski definition) is 7. The van der Waals surface area contributed by atoms with E-state index in [0.717, 1.165) is 59.7 Å². The summed E-state index contributed by atoms with van der Waals surface area (Å²) in [6.07, 6.45) is 7.52. The molecule has 0 spiro atoms. The fraction of sp³-hybridized carbons (Fsp3) is 0.296. The average molecular weight is 485 g/mol. The monoisotopic (exact) mass is 484 g/mol.